The van der Waals surface area contributed by atoms with Crippen LogP contribution in [0, 0.1) is 0 Å². The van der Waals surface area contributed by atoms with E-state index in [0.717, 1.165) is 50.0 Å². The Kier molecular flexibility index (Phi) is 9.09. The maximum atomic E-state index is 13.4. The van der Waals surface area contributed by atoms with E-state index in [1.807, 2.05) is 44.4 Å². The monoisotopic (exact) mass is 444 g/mol. The fourth-order valence-electron chi connectivity index (χ4n) is 3.98. The molecule has 0 radical (unpaired) electrons. The van der Waals surface area contributed by atoms with Gasteiger partial charge in [0.05, 0.1) is 0 Å². The predicted octanol–water partition coefficient (Wildman–Crippen LogP) is 3.70. The van der Waals surface area contributed by atoms with Crippen LogP contribution in [0.2, 0.25) is 0 Å². The second-order valence-electron chi connectivity index (χ2n) is 8.27. The molecule has 1 aliphatic rings. The van der Waals surface area contributed by atoms with E-state index in [1.54, 1.807) is 4.90 Å². The zero-order chi connectivity index (χ0) is 22.1. The molecule has 0 N–H and O–H groups in total. The van der Waals surface area contributed by atoms with Gasteiger partial charge in [-0.15, -0.1) is 10.2 Å². The van der Waals surface area contributed by atoms with Crippen molar-refractivity contribution in [2.45, 2.75) is 62.3 Å². The number of carbonyl (C=O) groups excluding carboxylic acids is 2. The molecular formula is C23H32N4O3S. The van der Waals surface area contributed by atoms with Crippen LogP contribution >= 0.6 is 11.8 Å². The van der Waals surface area contributed by atoms with Gasteiger partial charge in [-0.25, -0.2) is 0 Å². The van der Waals surface area contributed by atoms with Gasteiger partial charge in [-0.3, -0.25) is 9.59 Å². The van der Waals surface area contributed by atoms with E-state index >= 15 is 0 Å². The summed E-state index contributed by atoms with van der Waals surface area (Å²) in [6.07, 6.45) is 7.29. The van der Waals surface area contributed by atoms with Crippen molar-refractivity contribution in [3.8, 4) is 0 Å². The predicted molar refractivity (Wildman–Crippen MR) is 121 cm³/mol. The van der Waals surface area contributed by atoms with Gasteiger partial charge < -0.3 is 14.2 Å². The number of benzene rings is 1. The Balaban J connectivity index is 1.74. The molecular weight excluding hydrogens is 412 g/mol. The molecule has 1 aromatic heterocycles. The van der Waals surface area contributed by atoms with Crippen molar-refractivity contribution in [3.63, 3.8) is 0 Å². The third kappa shape index (κ3) is 6.90. The number of amides is 1. The summed E-state index contributed by atoms with van der Waals surface area (Å²) in [5.41, 5.74) is 1.14. The summed E-state index contributed by atoms with van der Waals surface area (Å²) in [4.78, 5) is 29.3. The largest absolute Gasteiger partial charge is 0.408 e. The fraction of sp³-hybridized carbons (Fsp3) is 0.565. The van der Waals surface area contributed by atoms with Gasteiger partial charge in [0.1, 0.15) is 6.04 Å². The lowest BCUT2D eigenvalue weighted by Gasteiger charge is -2.36. The summed E-state index contributed by atoms with van der Waals surface area (Å²) in [5, 5.41) is 8.43. The standard InChI is InChI=1S/C23H32N4O3S/c1-26(2)15-16-31-23-25-24-22(30-23)21(29)20(14-13-18-9-5-3-6-10-18)27(17-28)19-11-7-4-8-12-19/h3,5-6,9-10,17,19-20H,4,7-8,11-16H2,1-2H3. The minimum Gasteiger partial charge on any atom is -0.408 e. The summed E-state index contributed by atoms with van der Waals surface area (Å²) in [6, 6.07) is 9.52. The summed E-state index contributed by atoms with van der Waals surface area (Å²) in [7, 11) is 4.00. The number of hydrogen-bond acceptors (Lipinski definition) is 7. The van der Waals surface area contributed by atoms with Crippen molar-refractivity contribution in [1.82, 2.24) is 20.0 Å². The Morgan fingerprint density at radius 2 is 1.94 bits per heavy atom. The molecule has 2 aromatic rings. The van der Waals surface area contributed by atoms with Gasteiger partial charge in [-0.05, 0) is 45.3 Å². The van der Waals surface area contributed by atoms with E-state index < -0.39 is 6.04 Å². The van der Waals surface area contributed by atoms with E-state index in [2.05, 4.69) is 15.1 Å². The SMILES string of the molecule is CN(C)CCSc1nnc(C(=O)C(CCc2ccccc2)N(C=O)C2CCCCC2)o1. The molecule has 0 spiro atoms. The number of carbonyl (C=O) groups is 2. The lowest BCUT2D eigenvalue weighted by atomic mass is 9.91. The van der Waals surface area contributed by atoms with E-state index in [0.29, 0.717) is 18.1 Å². The van der Waals surface area contributed by atoms with Crippen LogP contribution in [0.25, 0.3) is 0 Å². The first kappa shape index (κ1) is 23.5. The highest BCUT2D eigenvalue weighted by atomic mass is 32.2. The van der Waals surface area contributed by atoms with Crippen LogP contribution in [0.4, 0.5) is 0 Å². The molecule has 0 bridgehead atoms. The number of aryl methyl sites for hydroxylation is 1. The van der Waals surface area contributed by atoms with Crippen LogP contribution in [0.3, 0.4) is 0 Å². The van der Waals surface area contributed by atoms with Gasteiger partial charge in [0, 0.05) is 18.3 Å². The Morgan fingerprint density at radius 1 is 1.19 bits per heavy atom. The summed E-state index contributed by atoms with van der Waals surface area (Å²) in [6.45, 7) is 0.872. The molecule has 1 atom stereocenters. The molecule has 0 saturated heterocycles. The van der Waals surface area contributed by atoms with Gasteiger partial charge in [0.2, 0.25) is 12.2 Å². The lowest BCUT2D eigenvalue weighted by molar-refractivity contribution is -0.122. The van der Waals surface area contributed by atoms with E-state index in [-0.39, 0.29) is 17.7 Å². The molecule has 1 fully saturated rings. The highest BCUT2D eigenvalue weighted by Crippen LogP contribution is 2.26. The van der Waals surface area contributed by atoms with Crippen molar-refractivity contribution in [2.24, 2.45) is 0 Å². The third-order valence-corrected chi connectivity index (χ3v) is 6.51. The fourth-order valence-corrected chi connectivity index (χ4v) is 4.85. The smallest absolute Gasteiger partial charge is 0.286 e. The van der Waals surface area contributed by atoms with E-state index in [1.165, 1.54) is 18.2 Å². The summed E-state index contributed by atoms with van der Waals surface area (Å²) in [5.74, 6) is 0.525. The van der Waals surface area contributed by atoms with Gasteiger partial charge in [-0.1, -0.05) is 61.4 Å². The number of Topliss-reactive ketones (excluding diaryl/α,β-unsaturated/α-hetero) is 1. The molecule has 1 saturated carbocycles. The Morgan fingerprint density at radius 3 is 2.61 bits per heavy atom. The molecule has 31 heavy (non-hydrogen) atoms. The number of thioether (sulfide) groups is 1. The first-order chi connectivity index (χ1) is 15.1. The number of nitrogens with zero attached hydrogens (tertiary/aromatic N) is 4. The lowest BCUT2D eigenvalue weighted by Crippen LogP contribution is -2.47. The molecule has 1 heterocycles. The molecule has 0 aliphatic heterocycles. The molecule has 1 amide bonds. The van der Waals surface area contributed by atoms with Crippen LogP contribution < -0.4 is 0 Å². The minimum absolute atomic E-state index is 0.00641. The Bertz CT molecular complexity index is 821. The van der Waals surface area contributed by atoms with Crippen LogP contribution in [0.1, 0.15) is 54.8 Å². The van der Waals surface area contributed by atoms with E-state index in [4.69, 9.17) is 4.42 Å². The van der Waals surface area contributed by atoms with Gasteiger partial charge in [0.15, 0.2) is 0 Å². The molecule has 1 unspecified atom stereocenters. The van der Waals surface area contributed by atoms with Gasteiger partial charge >= 0.3 is 0 Å². The maximum Gasteiger partial charge on any atom is 0.286 e. The number of hydrogen-bond donors (Lipinski definition) is 0. The quantitative estimate of drug-likeness (QED) is 0.281. The number of rotatable bonds is 12. The van der Waals surface area contributed by atoms with Crippen molar-refractivity contribution in [2.75, 3.05) is 26.4 Å². The van der Waals surface area contributed by atoms with E-state index in [9.17, 15) is 9.59 Å². The average Bonchev–Trinajstić information content (AvgIpc) is 3.26. The zero-order valence-electron chi connectivity index (χ0n) is 18.4. The minimum atomic E-state index is -0.596. The normalized spacial score (nSPS) is 15.7. The molecule has 1 aliphatic carbocycles. The average molecular weight is 445 g/mol. The van der Waals surface area contributed by atoms with Crippen molar-refractivity contribution >= 4 is 24.0 Å². The van der Waals surface area contributed by atoms with Crippen molar-refractivity contribution in [3.05, 3.63) is 41.8 Å². The maximum absolute atomic E-state index is 13.4. The topological polar surface area (TPSA) is 79.5 Å². The van der Waals surface area contributed by atoms with Gasteiger partial charge in [-0.2, -0.15) is 0 Å². The zero-order valence-corrected chi connectivity index (χ0v) is 19.2. The first-order valence-electron chi connectivity index (χ1n) is 11.0. The second kappa shape index (κ2) is 12.0. The highest BCUT2D eigenvalue weighted by molar-refractivity contribution is 7.99. The number of ketones is 1. The third-order valence-electron chi connectivity index (χ3n) is 5.71. The van der Waals surface area contributed by atoms with Crippen LogP contribution in [0.5, 0.6) is 0 Å². The van der Waals surface area contributed by atoms with Crippen LogP contribution in [-0.2, 0) is 11.2 Å². The Hall–Kier alpha value is -2.19. The highest BCUT2D eigenvalue weighted by Gasteiger charge is 2.34. The molecule has 3 rings (SSSR count). The molecule has 7 nitrogen and oxygen atoms in total. The second-order valence-corrected chi connectivity index (χ2v) is 9.32. The van der Waals surface area contributed by atoms with Crippen LogP contribution in [-0.4, -0.2) is 70.7 Å². The van der Waals surface area contributed by atoms with Crippen molar-refractivity contribution < 1.29 is 14.0 Å². The number of aromatic nitrogens is 2. The summed E-state index contributed by atoms with van der Waals surface area (Å²) >= 11 is 1.43. The van der Waals surface area contributed by atoms with Crippen LogP contribution in [0.15, 0.2) is 40.0 Å². The first-order valence-corrected chi connectivity index (χ1v) is 12.0. The summed E-state index contributed by atoms with van der Waals surface area (Å²) < 4.78 is 5.67. The molecule has 8 heteroatoms. The Labute approximate surface area is 188 Å². The molecule has 168 valence electrons. The van der Waals surface area contributed by atoms with Gasteiger partial charge in [0.25, 0.3) is 11.1 Å². The van der Waals surface area contributed by atoms with Crippen molar-refractivity contribution in [1.29, 1.82) is 0 Å². The molecule has 1 aromatic carbocycles.